The smallest absolute Gasteiger partial charge is 0.215 e. The second kappa shape index (κ2) is 31.2. The van der Waals surface area contributed by atoms with E-state index in [9.17, 15) is 0 Å². The number of fused-ring (bicyclic) bond motifs is 28. The zero-order valence-electron chi connectivity index (χ0n) is 78.3. The number of aryl methyl sites for hydroxylation is 8. The lowest BCUT2D eigenvalue weighted by molar-refractivity contribution is 0.593. The van der Waals surface area contributed by atoms with Gasteiger partial charge in [0.15, 0.2) is 0 Å². The Morgan fingerprint density at radius 3 is 0.691 bits per heavy atom. The van der Waals surface area contributed by atoms with E-state index >= 15 is 0 Å². The summed E-state index contributed by atoms with van der Waals surface area (Å²) in [5.41, 5.74) is 42.0. The average molecular weight is 1770 g/mol. The van der Waals surface area contributed by atoms with E-state index in [1.807, 2.05) is 11.3 Å². The van der Waals surface area contributed by atoms with E-state index < -0.39 is 0 Å². The molecule has 26 aromatic rings. The molecular weight excluding hydrogens is 1670 g/mol. The normalized spacial score (nSPS) is 13.0. The molecule has 0 saturated heterocycles. The summed E-state index contributed by atoms with van der Waals surface area (Å²) < 4.78 is 26.1. The molecule has 10 aromatic heterocycles. The molecule has 16 aromatic carbocycles. The van der Waals surface area contributed by atoms with Crippen molar-refractivity contribution in [3.63, 3.8) is 0 Å². The highest BCUT2D eigenvalue weighted by Gasteiger charge is 2.47. The number of furan rings is 1. The van der Waals surface area contributed by atoms with Gasteiger partial charge in [-0.2, -0.15) is 0 Å². The molecule has 0 saturated carbocycles. The zero-order chi connectivity index (χ0) is 92.0. The molecule has 10 heteroatoms. The number of thiophene rings is 1. The van der Waals surface area contributed by atoms with Crippen LogP contribution in [0, 0.1) is 55.4 Å². The summed E-state index contributed by atoms with van der Waals surface area (Å²) in [6.07, 6.45) is 0. The van der Waals surface area contributed by atoms with Crippen LogP contribution in [0.5, 0.6) is 0 Å². The van der Waals surface area contributed by atoms with Crippen LogP contribution in [0.4, 0.5) is 0 Å². The first-order valence-corrected chi connectivity index (χ1v) is 48.2. The first kappa shape index (κ1) is 81.8. The maximum absolute atomic E-state index is 6.78. The second-order valence-corrected chi connectivity index (χ2v) is 39.6. The van der Waals surface area contributed by atoms with E-state index in [-0.39, 0.29) is 10.8 Å². The number of nitrogens with zero attached hydrogens (tertiary/aromatic N) is 8. The molecular formula is C126H100N8OS. The molecule has 2 aliphatic carbocycles. The summed E-state index contributed by atoms with van der Waals surface area (Å²) in [5, 5.41) is 15.4. The molecule has 656 valence electrons. The topological polar surface area (TPSA) is 52.6 Å². The molecule has 2 aliphatic rings. The Bertz CT molecular complexity index is 8620. The second-order valence-electron chi connectivity index (χ2n) is 38.6. The lowest BCUT2D eigenvalue weighted by atomic mass is 9.84. The molecule has 0 spiro atoms. The van der Waals surface area contributed by atoms with Crippen LogP contribution in [-0.2, 0) is 10.8 Å². The Morgan fingerprint density at radius 2 is 0.397 bits per heavy atom. The van der Waals surface area contributed by atoms with Gasteiger partial charge in [0.1, 0.15) is 9.66 Å². The molecule has 9 nitrogen and oxygen atoms in total. The number of hydrogen-bond acceptors (Lipinski definition) is 2. The van der Waals surface area contributed by atoms with Gasteiger partial charge in [-0.3, -0.25) is 9.13 Å². The standard InChI is InChI=1S/2C33H28N2.C30H22N2O.C30H22N2S/c1-21-13-17-23(18-14-21)34-28-12-8-6-10-26(28)30-31(34)29-25-9-5-7-11-27(25)35(32(29)33(30,3)4)24-19-15-22(2)16-20-24;1-21-13-17-23(18-14-21)34-27-11-7-5-9-25(27)29-30-26-10-6-8-12-28(26)35(24-19-15-22(2)16-20-24)32(30)33(3,4)31(29)34;2*1-19-11-15-21(16-12-19)31-25-9-5-3-7-23(25)27-28-24-8-4-6-10-26(24)32(30(28)33-29(27)31)22-17-13-20(2)14-18-22/h2*5-20H,1-4H3;2*3-18H,1-2H3. The van der Waals surface area contributed by atoms with E-state index in [1.165, 1.54) is 231 Å². The molecule has 0 unspecified atom stereocenters. The van der Waals surface area contributed by atoms with Gasteiger partial charge in [0, 0.05) is 144 Å². The van der Waals surface area contributed by atoms with Crippen LogP contribution in [0.2, 0.25) is 0 Å². The highest BCUT2D eigenvalue weighted by atomic mass is 32.1. The number of aromatic nitrogens is 8. The summed E-state index contributed by atoms with van der Waals surface area (Å²) in [5.74, 6) is 0. The van der Waals surface area contributed by atoms with Crippen molar-refractivity contribution in [2.45, 2.75) is 93.9 Å². The van der Waals surface area contributed by atoms with Crippen LogP contribution in [0.15, 0.2) is 393 Å². The summed E-state index contributed by atoms with van der Waals surface area (Å²) in [7, 11) is 0. The number of para-hydroxylation sites is 8. The molecule has 0 N–H and O–H groups in total. The average Bonchev–Trinajstić information content (AvgIpc) is 1.48. The Morgan fingerprint density at radius 1 is 0.191 bits per heavy atom. The summed E-state index contributed by atoms with van der Waals surface area (Å²) >= 11 is 1.89. The van der Waals surface area contributed by atoms with Gasteiger partial charge in [-0.15, -0.1) is 0 Å². The Kier molecular flexibility index (Phi) is 18.8. The molecule has 10 heterocycles. The first-order valence-electron chi connectivity index (χ1n) is 47.4. The Balaban J connectivity index is 0.0000000966. The molecule has 0 amide bonds. The molecule has 136 heavy (non-hydrogen) atoms. The van der Waals surface area contributed by atoms with Crippen LogP contribution in [0.25, 0.3) is 198 Å². The lowest BCUT2D eigenvalue weighted by Crippen LogP contribution is -2.23. The Labute approximate surface area is 793 Å². The fourth-order valence-electron chi connectivity index (χ4n) is 22.6. The van der Waals surface area contributed by atoms with Crippen LogP contribution >= 0.6 is 11.3 Å². The van der Waals surface area contributed by atoms with Crippen LogP contribution < -0.4 is 0 Å². The molecule has 0 radical (unpaired) electrons. The third-order valence-corrected chi connectivity index (χ3v) is 30.1. The van der Waals surface area contributed by atoms with Gasteiger partial charge < -0.3 is 31.8 Å². The van der Waals surface area contributed by atoms with Crippen LogP contribution in [0.3, 0.4) is 0 Å². The quantitative estimate of drug-likeness (QED) is 0.150. The number of rotatable bonds is 8. The zero-order valence-corrected chi connectivity index (χ0v) is 79.2. The highest BCUT2D eigenvalue weighted by Crippen LogP contribution is 2.60. The van der Waals surface area contributed by atoms with E-state index in [2.05, 4.69) is 508 Å². The predicted octanol–water partition coefficient (Wildman–Crippen LogP) is 33.6. The lowest BCUT2D eigenvalue weighted by Gasteiger charge is -2.27. The van der Waals surface area contributed by atoms with Gasteiger partial charge >= 0.3 is 0 Å². The van der Waals surface area contributed by atoms with Gasteiger partial charge in [-0.25, -0.2) is 0 Å². The van der Waals surface area contributed by atoms with Gasteiger partial charge in [-0.1, -0.05) is 312 Å². The third kappa shape index (κ3) is 12.4. The van der Waals surface area contributed by atoms with E-state index in [1.54, 1.807) is 0 Å². The van der Waals surface area contributed by atoms with Gasteiger partial charge in [-0.05, 0) is 220 Å². The molecule has 28 rings (SSSR count). The highest BCUT2D eigenvalue weighted by molar-refractivity contribution is 7.25. The summed E-state index contributed by atoms with van der Waals surface area (Å²) in [4.78, 5) is 2.60. The van der Waals surface area contributed by atoms with E-state index in [4.69, 9.17) is 4.42 Å². The van der Waals surface area contributed by atoms with Gasteiger partial charge in [0.05, 0.1) is 60.6 Å². The minimum atomic E-state index is -0.196. The minimum absolute atomic E-state index is 0.163. The number of hydrogen-bond donors (Lipinski definition) is 0. The maximum Gasteiger partial charge on any atom is 0.215 e. The largest absolute Gasteiger partial charge is 0.422 e. The van der Waals surface area contributed by atoms with Crippen LogP contribution in [-0.4, -0.2) is 36.5 Å². The fraction of sp³-hybridized carbons (Fsp3) is 0.111. The summed E-state index contributed by atoms with van der Waals surface area (Å²) in [6, 6.07) is 141. The van der Waals surface area contributed by atoms with Crippen molar-refractivity contribution in [2.75, 3.05) is 0 Å². The van der Waals surface area contributed by atoms with Gasteiger partial charge in [0.2, 0.25) is 11.4 Å². The predicted molar refractivity (Wildman–Crippen MR) is 574 cm³/mol. The van der Waals surface area contributed by atoms with Crippen molar-refractivity contribution >= 4 is 141 Å². The van der Waals surface area contributed by atoms with Crippen molar-refractivity contribution in [1.29, 1.82) is 0 Å². The molecule has 0 aliphatic heterocycles. The SMILES string of the molecule is Cc1ccc(-n2c3c(c4ccccc42)-c2c(n(-c4ccc(C)cc4)c4ccccc24)C3(C)C)cc1.Cc1ccc(-n2c3c(c4ccccc42)C(C)(C)c2c-3c3ccccc3n2-c2ccc(C)cc2)cc1.Cc1ccc(-n2c3ccccc3c3c4c5ccccc5n(-c5ccc(C)cc5)c4oc32)cc1.Cc1ccc(-n2c3ccccc3c3c4c5ccccc5n(-c5ccc(C)cc5)c4sc32)cc1. The third-order valence-electron chi connectivity index (χ3n) is 28.9. The maximum atomic E-state index is 6.78. The van der Waals surface area contributed by atoms with Crippen molar-refractivity contribution in [2.24, 2.45) is 0 Å². The van der Waals surface area contributed by atoms with Crippen molar-refractivity contribution in [3.05, 3.63) is 455 Å². The monoisotopic (exact) mass is 1770 g/mol. The van der Waals surface area contributed by atoms with Gasteiger partial charge in [0.25, 0.3) is 0 Å². The molecule has 0 atom stereocenters. The number of benzene rings is 16. The Hall–Kier alpha value is -16.1. The van der Waals surface area contributed by atoms with E-state index in [0.717, 1.165) is 33.8 Å². The minimum Gasteiger partial charge on any atom is -0.422 e. The van der Waals surface area contributed by atoms with E-state index in [0.29, 0.717) is 0 Å². The molecule has 0 bridgehead atoms. The van der Waals surface area contributed by atoms with Crippen molar-refractivity contribution in [3.8, 4) is 67.9 Å². The van der Waals surface area contributed by atoms with Crippen molar-refractivity contribution in [1.82, 2.24) is 36.5 Å². The fourth-order valence-corrected chi connectivity index (χ4v) is 24.0. The summed E-state index contributed by atoms with van der Waals surface area (Å²) in [6.45, 7) is 26.7. The first-order chi connectivity index (χ1) is 66.3. The van der Waals surface area contributed by atoms with Crippen molar-refractivity contribution < 1.29 is 4.42 Å². The molecule has 0 fully saturated rings. The van der Waals surface area contributed by atoms with Crippen LogP contribution in [0.1, 0.15) is 94.8 Å².